The van der Waals surface area contributed by atoms with Crippen LogP contribution in [0.4, 0.5) is 10.2 Å². The highest BCUT2D eigenvalue weighted by Gasteiger charge is 2.22. The Hall–Kier alpha value is -3.56. The number of nitrogens with one attached hydrogen (secondary N) is 2. The second-order valence-electron chi connectivity index (χ2n) is 7.09. The Morgan fingerprint density at radius 2 is 1.80 bits per heavy atom. The zero-order valence-electron chi connectivity index (χ0n) is 18.9. The normalized spacial score (nSPS) is 10.4. The lowest BCUT2D eigenvalue weighted by Gasteiger charge is -2.15. The van der Waals surface area contributed by atoms with E-state index in [9.17, 15) is 14.0 Å². The van der Waals surface area contributed by atoms with Crippen molar-refractivity contribution >= 4 is 40.9 Å². The predicted octanol–water partition coefficient (Wildman–Crippen LogP) is 4.89. The third-order valence-corrected chi connectivity index (χ3v) is 5.48. The van der Waals surface area contributed by atoms with Crippen molar-refractivity contribution in [2.75, 3.05) is 32.6 Å². The lowest BCUT2D eigenvalue weighted by molar-refractivity contribution is -0.138. The molecule has 11 heteroatoms. The molecule has 0 atom stereocenters. The number of anilines is 1. The summed E-state index contributed by atoms with van der Waals surface area (Å²) in [5, 5.41) is 4.77. The van der Waals surface area contributed by atoms with Crippen LogP contribution in [-0.4, -0.2) is 44.2 Å². The van der Waals surface area contributed by atoms with Crippen molar-refractivity contribution in [2.24, 2.45) is 0 Å². The molecule has 0 aliphatic carbocycles. The Bertz CT molecular complexity index is 1210. The molecule has 35 heavy (non-hydrogen) atoms. The zero-order valence-corrected chi connectivity index (χ0v) is 20.4. The molecule has 184 valence electrons. The molecule has 3 aromatic rings. The minimum atomic E-state index is -1.06. The smallest absolute Gasteiger partial charge is 0.325 e. The Balaban J connectivity index is 1.80. The van der Waals surface area contributed by atoms with Crippen LogP contribution >= 0.6 is 23.2 Å². The Morgan fingerprint density at radius 1 is 1.06 bits per heavy atom. The fraction of sp³-hybridized carbons (Fsp3) is 0.208. The maximum absolute atomic E-state index is 14.3. The van der Waals surface area contributed by atoms with E-state index >= 15 is 0 Å². The number of methoxy groups -OCH3 is 2. The average Bonchev–Trinajstić information content (AvgIpc) is 2.88. The molecule has 1 amide bonds. The highest BCUT2D eigenvalue weighted by Crippen LogP contribution is 2.41. The number of ether oxygens (including phenoxy) is 3. The largest absolute Gasteiger partial charge is 0.496 e. The number of rotatable bonds is 10. The van der Waals surface area contributed by atoms with E-state index < -0.39 is 16.9 Å². The molecule has 0 spiro atoms. The van der Waals surface area contributed by atoms with E-state index in [1.165, 1.54) is 32.4 Å². The summed E-state index contributed by atoms with van der Waals surface area (Å²) in [4.78, 5) is 27.8. The standard InChI is InChI=1S/C24H22Cl2FN3O5/c1-33-17-9-8-15(12-16(17)24(32)28-11-10-14-6-4-3-5-7-14)35-21-19(25)22(27)30-23(20(21)26)29-13-18(31)34-2/h3-9,12H,10-11,13H2,1-2H3,(H,28,32)(H,29,30). The number of benzene rings is 2. The predicted molar refractivity (Wildman–Crippen MR) is 130 cm³/mol. The summed E-state index contributed by atoms with van der Waals surface area (Å²) in [5.74, 6) is -2.01. The third kappa shape index (κ3) is 6.74. The summed E-state index contributed by atoms with van der Waals surface area (Å²) in [6.07, 6.45) is 0.647. The number of aromatic nitrogens is 1. The molecule has 0 aliphatic rings. The molecule has 2 N–H and O–H groups in total. The fourth-order valence-electron chi connectivity index (χ4n) is 3.03. The Morgan fingerprint density at radius 3 is 2.49 bits per heavy atom. The van der Waals surface area contributed by atoms with Gasteiger partial charge in [-0.2, -0.15) is 9.37 Å². The number of hydrogen-bond donors (Lipinski definition) is 2. The quantitative estimate of drug-likeness (QED) is 0.289. The molecule has 3 rings (SSSR count). The number of pyridine rings is 1. The number of esters is 1. The monoisotopic (exact) mass is 521 g/mol. The molecule has 0 unspecified atom stereocenters. The maximum Gasteiger partial charge on any atom is 0.325 e. The van der Waals surface area contributed by atoms with Crippen LogP contribution in [-0.2, 0) is 16.0 Å². The molecule has 1 heterocycles. The summed E-state index contributed by atoms with van der Waals surface area (Å²) >= 11 is 12.3. The molecule has 0 saturated heterocycles. The maximum atomic E-state index is 14.3. The van der Waals surface area contributed by atoms with Crippen molar-refractivity contribution in [3.8, 4) is 17.2 Å². The van der Waals surface area contributed by atoms with Gasteiger partial charge >= 0.3 is 5.97 Å². The van der Waals surface area contributed by atoms with Crippen molar-refractivity contribution in [1.29, 1.82) is 0 Å². The van der Waals surface area contributed by atoms with Gasteiger partial charge in [-0.3, -0.25) is 9.59 Å². The van der Waals surface area contributed by atoms with Crippen LogP contribution in [0.5, 0.6) is 17.2 Å². The van der Waals surface area contributed by atoms with Crippen LogP contribution in [0.3, 0.4) is 0 Å². The van der Waals surface area contributed by atoms with Gasteiger partial charge in [-0.1, -0.05) is 53.5 Å². The highest BCUT2D eigenvalue weighted by molar-refractivity contribution is 6.38. The van der Waals surface area contributed by atoms with Crippen LogP contribution in [0, 0.1) is 5.95 Å². The first-order valence-electron chi connectivity index (χ1n) is 10.4. The molecule has 0 saturated carbocycles. The van der Waals surface area contributed by atoms with Gasteiger partial charge in [0, 0.05) is 6.54 Å². The SMILES string of the molecule is COC(=O)CNc1nc(F)c(Cl)c(Oc2ccc(OC)c(C(=O)NCCc3ccccc3)c2)c1Cl. The molecule has 0 fully saturated rings. The van der Waals surface area contributed by atoms with Gasteiger partial charge in [-0.25, -0.2) is 0 Å². The van der Waals surface area contributed by atoms with Crippen LogP contribution in [0.1, 0.15) is 15.9 Å². The summed E-state index contributed by atoms with van der Waals surface area (Å²) in [7, 11) is 2.64. The number of nitrogens with zero attached hydrogens (tertiary/aromatic N) is 1. The van der Waals surface area contributed by atoms with Crippen LogP contribution in [0.2, 0.25) is 10.0 Å². The first-order chi connectivity index (χ1) is 16.8. The first kappa shape index (κ1) is 26.1. The molecule has 0 bridgehead atoms. The minimum absolute atomic E-state index is 0.146. The highest BCUT2D eigenvalue weighted by atomic mass is 35.5. The molecular weight excluding hydrogens is 500 g/mol. The van der Waals surface area contributed by atoms with E-state index in [1.807, 2.05) is 30.3 Å². The lowest BCUT2D eigenvalue weighted by atomic mass is 10.1. The number of carbonyl (C=O) groups is 2. The molecule has 0 aliphatic heterocycles. The van der Waals surface area contributed by atoms with E-state index in [0.717, 1.165) is 5.56 Å². The van der Waals surface area contributed by atoms with Gasteiger partial charge in [0.15, 0.2) is 11.6 Å². The minimum Gasteiger partial charge on any atom is -0.496 e. The molecule has 2 aromatic carbocycles. The van der Waals surface area contributed by atoms with E-state index in [1.54, 1.807) is 0 Å². The van der Waals surface area contributed by atoms with Crippen molar-refractivity contribution in [1.82, 2.24) is 10.3 Å². The van der Waals surface area contributed by atoms with Crippen molar-refractivity contribution in [2.45, 2.75) is 6.42 Å². The van der Waals surface area contributed by atoms with Gasteiger partial charge in [0.25, 0.3) is 5.91 Å². The van der Waals surface area contributed by atoms with E-state index in [-0.39, 0.29) is 40.4 Å². The molecule has 8 nitrogen and oxygen atoms in total. The lowest BCUT2D eigenvalue weighted by Crippen LogP contribution is -2.26. The first-order valence-corrected chi connectivity index (χ1v) is 11.1. The van der Waals surface area contributed by atoms with Gasteiger partial charge in [0.1, 0.15) is 28.1 Å². The van der Waals surface area contributed by atoms with Crippen LogP contribution in [0.25, 0.3) is 0 Å². The van der Waals surface area contributed by atoms with Gasteiger partial charge in [-0.15, -0.1) is 0 Å². The van der Waals surface area contributed by atoms with Crippen molar-refractivity contribution < 1.29 is 28.2 Å². The summed E-state index contributed by atoms with van der Waals surface area (Å²) in [6, 6.07) is 14.2. The second kappa shape index (κ2) is 12.2. The Kier molecular flexibility index (Phi) is 9.11. The summed E-state index contributed by atoms with van der Waals surface area (Å²) in [5.41, 5.74) is 1.28. The third-order valence-electron chi connectivity index (χ3n) is 4.80. The molecule has 1 aromatic heterocycles. The van der Waals surface area contributed by atoms with Crippen molar-refractivity contribution in [3.63, 3.8) is 0 Å². The van der Waals surface area contributed by atoms with Gasteiger partial charge < -0.3 is 24.8 Å². The number of carbonyl (C=O) groups excluding carboxylic acids is 2. The van der Waals surface area contributed by atoms with Gasteiger partial charge in [0.05, 0.1) is 19.8 Å². The molecular formula is C24H22Cl2FN3O5. The Labute approximate surface area is 211 Å². The summed E-state index contributed by atoms with van der Waals surface area (Å²) < 4.78 is 29.9. The molecule has 0 radical (unpaired) electrons. The van der Waals surface area contributed by atoms with E-state index in [0.29, 0.717) is 18.7 Å². The van der Waals surface area contributed by atoms with Gasteiger partial charge in [-0.05, 0) is 30.2 Å². The second-order valence-corrected chi connectivity index (χ2v) is 7.85. The van der Waals surface area contributed by atoms with Crippen LogP contribution < -0.4 is 20.1 Å². The number of hydrogen-bond acceptors (Lipinski definition) is 7. The number of halogens is 3. The zero-order chi connectivity index (χ0) is 25.4. The van der Waals surface area contributed by atoms with E-state index in [2.05, 4.69) is 20.4 Å². The average molecular weight is 522 g/mol. The number of amides is 1. The topological polar surface area (TPSA) is 98.8 Å². The van der Waals surface area contributed by atoms with Gasteiger partial charge in [0.2, 0.25) is 5.95 Å². The summed E-state index contributed by atoms with van der Waals surface area (Å²) in [6.45, 7) is 0.0963. The fourth-order valence-corrected chi connectivity index (χ4v) is 3.50. The van der Waals surface area contributed by atoms with Crippen molar-refractivity contribution in [3.05, 3.63) is 75.7 Å². The van der Waals surface area contributed by atoms with Crippen LogP contribution in [0.15, 0.2) is 48.5 Å². The van der Waals surface area contributed by atoms with E-state index in [4.69, 9.17) is 32.7 Å².